The van der Waals surface area contributed by atoms with Crippen LogP contribution >= 0.6 is 35.7 Å². The van der Waals surface area contributed by atoms with E-state index in [-0.39, 0.29) is 0 Å². The van der Waals surface area contributed by atoms with E-state index in [1.807, 2.05) is 0 Å². The number of anilines is 4. The molecular formula is C52H76N4P2S2. The number of para-hydroxylation sites is 4. The van der Waals surface area contributed by atoms with Crippen LogP contribution in [0.2, 0.25) is 0 Å². The summed E-state index contributed by atoms with van der Waals surface area (Å²) >= 11 is 0. The highest BCUT2D eigenvalue weighted by Crippen LogP contribution is 2.77. The van der Waals surface area contributed by atoms with E-state index in [2.05, 4.69) is 223 Å². The second-order valence-corrected chi connectivity index (χ2v) is 28.3. The predicted molar refractivity (Wildman–Crippen MR) is 277 cm³/mol. The van der Waals surface area contributed by atoms with Gasteiger partial charge in [0.2, 0.25) is 0 Å². The predicted octanol–water partition coefficient (Wildman–Crippen LogP) is 17.9. The second-order valence-electron chi connectivity index (χ2n) is 19.5. The SMILES string of the molecule is CC(C)c1cccc(C(C)C)c1N1CCN(c2c(C(C)C)cccc2C(C)C)P1SSP1N(c2c(C(C)C)cccc2C(C)C)CCN1c1c(C(C)C)cccc1C(C)C. The molecule has 0 spiro atoms. The Morgan fingerprint density at radius 2 is 0.450 bits per heavy atom. The second kappa shape index (κ2) is 20.0. The van der Waals surface area contributed by atoms with Crippen molar-refractivity contribution >= 4 is 58.4 Å². The molecule has 2 saturated heterocycles. The molecule has 2 aliphatic heterocycles. The molecule has 0 amide bonds. The number of hydrogen-bond donors (Lipinski definition) is 0. The molecule has 0 N–H and O–H groups in total. The van der Waals surface area contributed by atoms with Gasteiger partial charge >= 0.3 is 0 Å². The minimum atomic E-state index is -0.852. The van der Waals surface area contributed by atoms with Crippen LogP contribution in [0.4, 0.5) is 22.7 Å². The average Bonchev–Trinajstić information content (AvgIpc) is 3.82. The maximum Gasteiger partial charge on any atom is 0.172 e. The molecule has 326 valence electrons. The van der Waals surface area contributed by atoms with Crippen LogP contribution in [0.1, 0.15) is 203 Å². The lowest BCUT2D eigenvalue weighted by atomic mass is 9.92. The maximum atomic E-state index is 2.89. The van der Waals surface area contributed by atoms with Crippen molar-refractivity contribution in [2.24, 2.45) is 0 Å². The Kier molecular flexibility index (Phi) is 15.7. The summed E-state index contributed by atoms with van der Waals surface area (Å²) in [5.74, 6) is 3.49. The first-order chi connectivity index (χ1) is 28.5. The van der Waals surface area contributed by atoms with Crippen molar-refractivity contribution in [3.05, 3.63) is 117 Å². The lowest BCUT2D eigenvalue weighted by Crippen LogP contribution is -2.19. The van der Waals surface area contributed by atoms with Crippen LogP contribution in [0, 0.1) is 0 Å². The van der Waals surface area contributed by atoms with Crippen LogP contribution in [-0.2, 0) is 0 Å². The smallest absolute Gasteiger partial charge is 0.172 e. The van der Waals surface area contributed by atoms with Crippen LogP contribution in [-0.4, -0.2) is 26.2 Å². The van der Waals surface area contributed by atoms with Crippen molar-refractivity contribution in [2.45, 2.75) is 158 Å². The van der Waals surface area contributed by atoms with Gasteiger partial charge in [-0.25, -0.2) is 0 Å². The molecular weight excluding hydrogens is 807 g/mol. The van der Waals surface area contributed by atoms with E-state index in [9.17, 15) is 0 Å². The zero-order chi connectivity index (χ0) is 43.7. The van der Waals surface area contributed by atoms with Crippen molar-refractivity contribution in [2.75, 3.05) is 44.9 Å². The van der Waals surface area contributed by atoms with Gasteiger partial charge in [-0.15, -0.1) is 0 Å². The first kappa shape index (κ1) is 47.1. The molecule has 0 radical (unpaired) electrons. The lowest BCUT2D eigenvalue weighted by Gasteiger charge is -2.39. The van der Waals surface area contributed by atoms with Gasteiger partial charge in [-0.1, -0.05) is 184 Å². The fourth-order valence-corrected chi connectivity index (χ4v) is 23.3. The Morgan fingerprint density at radius 3 is 0.583 bits per heavy atom. The summed E-state index contributed by atoms with van der Waals surface area (Å²) in [6.07, 6.45) is 0. The minimum Gasteiger partial charge on any atom is -0.322 e. The molecule has 0 aliphatic carbocycles. The van der Waals surface area contributed by atoms with Gasteiger partial charge in [0, 0.05) is 48.9 Å². The highest BCUT2D eigenvalue weighted by atomic mass is 33.5. The van der Waals surface area contributed by atoms with E-state index in [0.29, 0.717) is 47.3 Å². The molecule has 0 aromatic heterocycles. The molecule has 6 rings (SSSR count). The standard InChI is InChI=1S/C52H76N4P2S2/c1-33(2)41-21-17-22-42(34(3)4)49(41)53-29-30-54(50-43(35(5)6)23-18-24-44(50)36(7)8)57(53)59-60-58-55(51-45(37(9)10)25-19-26-46(51)38(11)12)31-32-56(58)52-47(39(13)14)27-20-28-48(52)40(15)16/h17-28,33-40H,29-32H2,1-16H3. The molecule has 2 aliphatic rings. The largest absolute Gasteiger partial charge is 0.322 e. The molecule has 2 heterocycles. The molecule has 0 saturated carbocycles. The Labute approximate surface area is 376 Å². The summed E-state index contributed by atoms with van der Waals surface area (Å²) in [5.41, 5.74) is 17.8. The van der Waals surface area contributed by atoms with Gasteiger partial charge in [-0.3, -0.25) is 0 Å². The fourth-order valence-electron chi connectivity index (χ4n) is 9.23. The van der Waals surface area contributed by atoms with Crippen molar-refractivity contribution in [1.82, 2.24) is 0 Å². The van der Waals surface area contributed by atoms with Gasteiger partial charge in [0.25, 0.3) is 0 Å². The summed E-state index contributed by atoms with van der Waals surface area (Å²) < 4.78 is 11.6. The summed E-state index contributed by atoms with van der Waals surface area (Å²) in [4.78, 5) is 0. The van der Waals surface area contributed by atoms with Gasteiger partial charge in [-0.2, -0.15) is 0 Å². The fraction of sp³-hybridized carbons (Fsp3) is 0.538. The third-order valence-corrected chi connectivity index (χ3v) is 24.2. The first-order valence-electron chi connectivity index (χ1n) is 23.0. The van der Waals surface area contributed by atoms with Gasteiger partial charge in [0.05, 0.1) is 0 Å². The van der Waals surface area contributed by atoms with E-state index in [1.165, 1.54) is 67.3 Å². The van der Waals surface area contributed by atoms with Crippen LogP contribution in [0.15, 0.2) is 72.8 Å². The van der Waals surface area contributed by atoms with Crippen LogP contribution in [0.25, 0.3) is 0 Å². The molecule has 0 atom stereocenters. The normalized spacial score (nSPS) is 15.8. The topological polar surface area (TPSA) is 13.0 Å². The van der Waals surface area contributed by atoms with Crippen molar-refractivity contribution in [3.8, 4) is 0 Å². The summed E-state index contributed by atoms with van der Waals surface area (Å²) in [6, 6.07) is 28.6. The van der Waals surface area contributed by atoms with E-state index in [4.69, 9.17) is 0 Å². The highest BCUT2D eigenvalue weighted by molar-refractivity contribution is 9.13. The summed E-state index contributed by atoms with van der Waals surface area (Å²) in [6.45, 7) is 42.3. The molecule has 8 heteroatoms. The number of hydrogen-bond acceptors (Lipinski definition) is 6. The molecule has 60 heavy (non-hydrogen) atoms. The number of rotatable bonds is 15. The first-order valence-corrected chi connectivity index (χ1v) is 28.9. The molecule has 2 fully saturated rings. The Hall–Kier alpha value is -2.36. The third-order valence-electron chi connectivity index (χ3n) is 12.4. The monoisotopic (exact) mass is 882 g/mol. The molecule has 0 bridgehead atoms. The zero-order valence-electron chi connectivity index (χ0n) is 39.9. The molecule has 4 aromatic rings. The van der Waals surface area contributed by atoms with E-state index in [1.54, 1.807) is 0 Å². The Bertz CT molecular complexity index is 1680. The minimum absolute atomic E-state index is 0.436. The zero-order valence-corrected chi connectivity index (χ0v) is 43.3. The van der Waals surface area contributed by atoms with Gasteiger partial charge < -0.3 is 18.7 Å². The average molecular weight is 883 g/mol. The van der Waals surface area contributed by atoms with Crippen LogP contribution < -0.4 is 18.7 Å². The van der Waals surface area contributed by atoms with E-state index in [0.717, 1.165) is 26.2 Å². The molecule has 4 aromatic carbocycles. The third kappa shape index (κ3) is 9.44. The number of benzene rings is 4. The van der Waals surface area contributed by atoms with Crippen molar-refractivity contribution in [3.63, 3.8) is 0 Å². The van der Waals surface area contributed by atoms with Crippen molar-refractivity contribution in [1.29, 1.82) is 0 Å². The van der Waals surface area contributed by atoms with Gasteiger partial charge in [0.15, 0.2) is 14.8 Å². The van der Waals surface area contributed by atoms with Gasteiger partial charge in [0.1, 0.15) is 0 Å². The Morgan fingerprint density at radius 1 is 0.300 bits per heavy atom. The van der Waals surface area contributed by atoms with Crippen LogP contribution in [0.3, 0.4) is 0 Å². The summed E-state index contributed by atoms with van der Waals surface area (Å²) in [5, 5.41) is 0. The summed E-state index contributed by atoms with van der Waals surface area (Å²) in [7, 11) is 2.70. The maximum absolute atomic E-state index is 2.89. The quantitative estimate of drug-likeness (QED) is 0.0865. The molecule has 4 nitrogen and oxygen atoms in total. The van der Waals surface area contributed by atoms with Crippen molar-refractivity contribution < 1.29 is 0 Å². The highest BCUT2D eigenvalue weighted by Gasteiger charge is 2.44. The van der Waals surface area contributed by atoms with Crippen LogP contribution in [0.5, 0.6) is 0 Å². The van der Waals surface area contributed by atoms with E-state index >= 15 is 0 Å². The molecule has 0 unspecified atom stereocenters. The Balaban J connectivity index is 1.58. The number of nitrogens with zero attached hydrogens (tertiary/aromatic N) is 4. The lowest BCUT2D eigenvalue weighted by molar-refractivity contribution is 0.821. The van der Waals surface area contributed by atoms with Gasteiger partial charge in [-0.05, 0) is 113 Å². The van der Waals surface area contributed by atoms with E-state index < -0.39 is 14.8 Å².